The summed E-state index contributed by atoms with van der Waals surface area (Å²) in [6.07, 6.45) is 1.96. The van der Waals surface area contributed by atoms with Crippen molar-refractivity contribution in [1.29, 1.82) is 0 Å². The standard InChI is InChI=1S/C18H32N4O3S.HI/c1-6-22(26(5,23)24)14-8-13-20-18(19-3)21(4)15-16-9-11-17(12-10-16)25-7-2;/h9-12H,6-8,13-15H2,1-5H3,(H,19,20);1H. The van der Waals surface area contributed by atoms with Gasteiger partial charge in [-0.3, -0.25) is 4.99 Å². The number of hydrogen-bond donors (Lipinski definition) is 1. The quantitative estimate of drug-likeness (QED) is 0.226. The molecule has 0 unspecified atom stereocenters. The predicted molar refractivity (Wildman–Crippen MR) is 123 cm³/mol. The zero-order valence-electron chi connectivity index (χ0n) is 16.9. The number of sulfonamides is 1. The third-order valence-corrected chi connectivity index (χ3v) is 5.30. The molecule has 0 saturated heterocycles. The number of rotatable bonds is 10. The zero-order valence-corrected chi connectivity index (χ0v) is 20.1. The lowest BCUT2D eigenvalue weighted by atomic mass is 10.2. The second kappa shape index (κ2) is 13.2. The number of halogens is 1. The van der Waals surface area contributed by atoms with Gasteiger partial charge in [-0.25, -0.2) is 12.7 Å². The minimum Gasteiger partial charge on any atom is -0.494 e. The maximum Gasteiger partial charge on any atom is 0.211 e. The molecule has 1 rings (SSSR count). The maximum absolute atomic E-state index is 11.6. The highest BCUT2D eigenvalue weighted by molar-refractivity contribution is 14.0. The van der Waals surface area contributed by atoms with E-state index in [9.17, 15) is 8.42 Å². The van der Waals surface area contributed by atoms with E-state index in [1.807, 2.05) is 50.1 Å². The number of aliphatic imine (C=N–C) groups is 1. The molecule has 0 aliphatic carbocycles. The number of guanidine groups is 1. The van der Waals surface area contributed by atoms with Crippen LogP contribution in [0.25, 0.3) is 0 Å². The van der Waals surface area contributed by atoms with Gasteiger partial charge in [0.15, 0.2) is 5.96 Å². The largest absolute Gasteiger partial charge is 0.494 e. The van der Waals surface area contributed by atoms with Crippen molar-refractivity contribution in [3.8, 4) is 5.75 Å². The van der Waals surface area contributed by atoms with Crippen LogP contribution in [0.4, 0.5) is 0 Å². The molecule has 0 atom stereocenters. The molecule has 0 aromatic heterocycles. The summed E-state index contributed by atoms with van der Waals surface area (Å²) >= 11 is 0. The van der Waals surface area contributed by atoms with E-state index in [-0.39, 0.29) is 24.0 Å². The fraction of sp³-hybridized carbons (Fsp3) is 0.611. The summed E-state index contributed by atoms with van der Waals surface area (Å²) in [5.41, 5.74) is 1.16. The molecule has 9 heteroatoms. The molecule has 27 heavy (non-hydrogen) atoms. The minimum absolute atomic E-state index is 0. The summed E-state index contributed by atoms with van der Waals surface area (Å²) in [5.74, 6) is 1.65. The normalized spacial score (nSPS) is 11.9. The van der Waals surface area contributed by atoms with E-state index < -0.39 is 10.0 Å². The van der Waals surface area contributed by atoms with Crippen molar-refractivity contribution < 1.29 is 13.2 Å². The van der Waals surface area contributed by atoms with E-state index in [1.54, 1.807) is 7.05 Å². The van der Waals surface area contributed by atoms with Gasteiger partial charge in [0.1, 0.15) is 5.75 Å². The molecule has 0 saturated carbocycles. The van der Waals surface area contributed by atoms with Crippen molar-refractivity contribution in [2.75, 3.05) is 46.6 Å². The smallest absolute Gasteiger partial charge is 0.211 e. The van der Waals surface area contributed by atoms with E-state index in [4.69, 9.17) is 4.74 Å². The lowest BCUT2D eigenvalue weighted by Crippen LogP contribution is -2.40. The van der Waals surface area contributed by atoms with Crippen LogP contribution in [-0.2, 0) is 16.6 Å². The molecule has 0 bridgehead atoms. The van der Waals surface area contributed by atoms with Crippen LogP contribution in [0.3, 0.4) is 0 Å². The Bertz CT molecular complexity index is 666. The van der Waals surface area contributed by atoms with Gasteiger partial charge in [-0.2, -0.15) is 0 Å². The van der Waals surface area contributed by atoms with E-state index in [0.29, 0.717) is 26.2 Å². The summed E-state index contributed by atoms with van der Waals surface area (Å²) in [6, 6.07) is 8.01. The average molecular weight is 512 g/mol. The number of benzene rings is 1. The van der Waals surface area contributed by atoms with Crippen LogP contribution in [0.15, 0.2) is 29.3 Å². The van der Waals surface area contributed by atoms with Gasteiger partial charge in [-0.05, 0) is 31.0 Å². The van der Waals surface area contributed by atoms with Gasteiger partial charge >= 0.3 is 0 Å². The predicted octanol–water partition coefficient (Wildman–Crippen LogP) is 2.38. The van der Waals surface area contributed by atoms with Crippen molar-refractivity contribution in [2.45, 2.75) is 26.8 Å². The first-order valence-electron chi connectivity index (χ1n) is 8.90. The molecule has 156 valence electrons. The molecule has 0 aliphatic heterocycles. The molecule has 1 aromatic carbocycles. The van der Waals surface area contributed by atoms with Crippen molar-refractivity contribution in [2.24, 2.45) is 4.99 Å². The SMILES string of the molecule is CCOc1ccc(CN(C)C(=NC)NCCCN(CC)S(C)(=O)=O)cc1.I. The Labute approximate surface area is 181 Å². The Morgan fingerprint density at radius 1 is 1.22 bits per heavy atom. The van der Waals surface area contributed by atoms with Crippen LogP contribution < -0.4 is 10.1 Å². The van der Waals surface area contributed by atoms with Crippen molar-refractivity contribution >= 4 is 40.0 Å². The molecule has 7 nitrogen and oxygen atoms in total. The first-order valence-corrected chi connectivity index (χ1v) is 10.7. The average Bonchev–Trinajstić information content (AvgIpc) is 2.59. The Hall–Kier alpha value is -1.07. The van der Waals surface area contributed by atoms with Crippen molar-refractivity contribution in [1.82, 2.24) is 14.5 Å². The van der Waals surface area contributed by atoms with Crippen LogP contribution in [0, 0.1) is 0 Å². The molecule has 0 spiro atoms. The van der Waals surface area contributed by atoms with Crippen molar-refractivity contribution in [3.05, 3.63) is 29.8 Å². The minimum atomic E-state index is -3.13. The van der Waals surface area contributed by atoms with Gasteiger partial charge in [-0.15, -0.1) is 24.0 Å². The number of nitrogens with zero attached hydrogens (tertiary/aromatic N) is 3. The Balaban J connectivity index is 0.00000676. The van der Waals surface area contributed by atoms with Gasteiger partial charge in [0.05, 0.1) is 12.9 Å². The van der Waals surface area contributed by atoms with Crippen LogP contribution in [-0.4, -0.2) is 70.2 Å². The maximum atomic E-state index is 11.6. The van der Waals surface area contributed by atoms with Gasteiger partial charge < -0.3 is 15.0 Å². The molecular weight excluding hydrogens is 479 g/mol. The van der Waals surface area contributed by atoms with E-state index in [1.165, 1.54) is 10.6 Å². The lowest BCUT2D eigenvalue weighted by molar-refractivity contribution is 0.340. The fourth-order valence-electron chi connectivity index (χ4n) is 2.61. The molecule has 1 aromatic rings. The fourth-order valence-corrected chi connectivity index (χ4v) is 3.54. The van der Waals surface area contributed by atoms with Crippen LogP contribution >= 0.6 is 24.0 Å². The summed E-state index contributed by atoms with van der Waals surface area (Å²) < 4.78 is 30.1. The number of hydrogen-bond acceptors (Lipinski definition) is 4. The lowest BCUT2D eigenvalue weighted by Gasteiger charge is -2.23. The summed E-state index contributed by atoms with van der Waals surface area (Å²) in [5, 5.41) is 3.28. The molecule has 0 aliphatic rings. The highest BCUT2D eigenvalue weighted by Gasteiger charge is 2.13. The Morgan fingerprint density at radius 2 is 1.85 bits per heavy atom. The van der Waals surface area contributed by atoms with E-state index in [0.717, 1.165) is 30.2 Å². The van der Waals surface area contributed by atoms with E-state index in [2.05, 4.69) is 10.3 Å². The third-order valence-electron chi connectivity index (χ3n) is 3.92. The zero-order chi connectivity index (χ0) is 19.6. The summed E-state index contributed by atoms with van der Waals surface area (Å²) in [6.45, 7) is 6.84. The van der Waals surface area contributed by atoms with E-state index >= 15 is 0 Å². The molecule has 1 N–H and O–H groups in total. The van der Waals surface area contributed by atoms with Crippen LogP contribution in [0.1, 0.15) is 25.8 Å². The monoisotopic (exact) mass is 512 g/mol. The molecular formula is C18H33IN4O3S. The highest BCUT2D eigenvalue weighted by Crippen LogP contribution is 2.13. The molecule has 0 radical (unpaired) electrons. The molecule has 0 heterocycles. The number of nitrogens with one attached hydrogen (secondary N) is 1. The Kier molecular flexibility index (Phi) is 12.6. The van der Waals surface area contributed by atoms with Crippen LogP contribution in [0.2, 0.25) is 0 Å². The second-order valence-electron chi connectivity index (χ2n) is 6.02. The second-order valence-corrected chi connectivity index (χ2v) is 8.00. The Morgan fingerprint density at radius 3 is 2.33 bits per heavy atom. The first-order chi connectivity index (χ1) is 12.3. The molecule has 0 amide bonds. The third kappa shape index (κ3) is 9.61. The number of ether oxygens (including phenoxy) is 1. The van der Waals surface area contributed by atoms with Crippen LogP contribution in [0.5, 0.6) is 5.75 Å². The van der Waals surface area contributed by atoms with Gasteiger partial charge in [0.25, 0.3) is 0 Å². The summed E-state index contributed by atoms with van der Waals surface area (Å²) in [4.78, 5) is 6.32. The van der Waals surface area contributed by atoms with Gasteiger partial charge in [0, 0.05) is 40.3 Å². The van der Waals surface area contributed by atoms with Gasteiger partial charge in [-0.1, -0.05) is 19.1 Å². The van der Waals surface area contributed by atoms with Crippen molar-refractivity contribution in [3.63, 3.8) is 0 Å². The van der Waals surface area contributed by atoms with Gasteiger partial charge in [0.2, 0.25) is 10.0 Å². The topological polar surface area (TPSA) is 74.2 Å². The molecule has 0 fully saturated rings. The summed E-state index contributed by atoms with van der Waals surface area (Å²) in [7, 11) is 0.583. The first kappa shape index (κ1) is 25.9. The highest BCUT2D eigenvalue weighted by atomic mass is 127.